The van der Waals surface area contributed by atoms with Gasteiger partial charge in [-0.15, -0.1) is 11.3 Å². The zero-order valence-electron chi connectivity index (χ0n) is 11.4. The standard InChI is InChI=1S/C15H18FNOS/c1-10-6-13(16)4-5-15(10)18-9-12-7-14(8-17-3)19-11(12)2/h4-7,17H,8-9H2,1-3H3. The zero-order chi connectivity index (χ0) is 13.8. The van der Waals surface area contributed by atoms with Gasteiger partial charge in [0.2, 0.25) is 0 Å². The van der Waals surface area contributed by atoms with Crippen LogP contribution in [0.15, 0.2) is 24.3 Å². The molecule has 2 aromatic rings. The highest BCUT2D eigenvalue weighted by molar-refractivity contribution is 7.12. The lowest BCUT2D eigenvalue weighted by atomic mass is 10.2. The van der Waals surface area contributed by atoms with Crippen molar-refractivity contribution in [2.45, 2.75) is 27.0 Å². The maximum Gasteiger partial charge on any atom is 0.123 e. The first-order valence-corrected chi connectivity index (χ1v) is 7.03. The molecule has 0 saturated heterocycles. The van der Waals surface area contributed by atoms with Crippen LogP contribution in [0.3, 0.4) is 0 Å². The summed E-state index contributed by atoms with van der Waals surface area (Å²) in [7, 11) is 1.94. The summed E-state index contributed by atoms with van der Waals surface area (Å²) in [5.41, 5.74) is 2.02. The zero-order valence-corrected chi connectivity index (χ0v) is 12.2. The van der Waals surface area contributed by atoms with Crippen molar-refractivity contribution in [3.05, 3.63) is 51.0 Å². The second kappa shape index (κ2) is 6.17. The van der Waals surface area contributed by atoms with Crippen LogP contribution in [0.1, 0.15) is 20.9 Å². The van der Waals surface area contributed by atoms with E-state index in [2.05, 4.69) is 18.3 Å². The minimum atomic E-state index is -0.229. The second-order valence-corrected chi connectivity index (χ2v) is 5.86. The number of benzene rings is 1. The Kier molecular flexibility index (Phi) is 4.56. The molecule has 0 bridgehead atoms. The third-order valence-electron chi connectivity index (χ3n) is 2.94. The molecular weight excluding hydrogens is 261 g/mol. The van der Waals surface area contributed by atoms with Crippen LogP contribution in [0.2, 0.25) is 0 Å². The highest BCUT2D eigenvalue weighted by Crippen LogP contribution is 2.24. The molecule has 0 saturated carbocycles. The van der Waals surface area contributed by atoms with Crippen molar-refractivity contribution < 1.29 is 9.13 Å². The van der Waals surface area contributed by atoms with Gasteiger partial charge in [-0.2, -0.15) is 0 Å². The van der Waals surface area contributed by atoms with E-state index in [4.69, 9.17) is 4.74 Å². The number of halogens is 1. The fourth-order valence-electron chi connectivity index (χ4n) is 1.92. The van der Waals surface area contributed by atoms with E-state index in [9.17, 15) is 4.39 Å². The molecule has 19 heavy (non-hydrogen) atoms. The van der Waals surface area contributed by atoms with E-state index in [0.29, 0.717) is 6.61 Å². The Labute approximate surface area is 117 Å². The van der Waals surface area contributed by atoms with Gasteiger partial charge in [0.15, 0.2) is 0 Å². The monoisotopic (exact) mass is 279 g/mol. The molecule has 2 rings (SSSR count). The summed E-state index contributed by atoms with van der Waals surface area (Å²) in [5.74, 6) is 0.509. The lowest BCUT2D eigenvalue weighted by Crippen LogP contribution is -2.03. The molecule has 0 aliphatic rings. The highest BCUT2D eigenvalue weighted by Gasteiger charge is 2.07. The number of hydrogen-bond acceptors (Lipinski definition) is 3. The molecule has 0 amide bonds. The van der Waals surface area contributed by atoms with Gasteiger partial charge >= 0.3 is 0 Å². The summed E-state index contributed by atoms with van der Waals surface area (Å²) in [5, 5.41) is 3.14. The number of thiophene rings is 1. The lowest BCUT2D eigenvalue weighted by Gasteiger charge is -2.08. The quantitative estimate of drug-likeness (QED) is 0.899. The van der Waals surface area contributed by atoms with Crippen LogP contribution in [-0.2, 0) is 13.2 Å². The molecule has 0 fully saturated rings. The van der Waals surface area contributed by atoms with Crippen LogP contribution in [0, 0.1) is 19.7 Å². The van der Waals surface area contributed by atoms with Crippen molar-refractivity contribution in [3.8, 4) is 5.75 Å². The summed E-state index contributed by atoms with van der Waals surface area (Å²) in [6.45, 7) is 5.35. The molecule has 1 aromatic heterocycles. The minimum absolute atomic E-state index is 0.229. The Bertz CT molecular complexity index is 565. The summed E-state index contributed by atoms with van der Waals surface area (Å²) >= 11 is 1.78. The predicted octanol–water partition coefficient (Wildman–Crippen LogP) is 3.80. The summed E-state index contributed by atoms with van der Waals surface area (Å²) < 4.78 is 18.8. The van der Waals surface area contributed by atoms with E-state index in [1.165, 1.54) is 27.5 Å². The molecule has 0 radical (unpaired) electrons. The van der Waals surface area contributed by atoms with Crippen molar-refractivity contribution >= 4 is 11.3 Å². The first-order chi connectivity index (χ1) is 9.10. The van der Waals surface area contributed by atoms with Crippen molar-refractivity contribution in [3.63, 3.8) is 0 Å². The number of aryl methyl sites for hydroxylation is 2. The number of hydrogen-bond donors (Lipinski definition) is 1. The fourth-order valence-corrected chi connectivity index (χ4v) is 2.98. The van der Waals surface area contributed by atoms with Gasteiger partial charge in [0.25, 0.3) is 0 Å². The predicted molar refractivity (Wildman–Crippen MR) is 77.3 cm³/mol. The van der Waals surface area contributed by atoms with E-state index < -0.39 is 0 Å². The minimum Gasteiger partial charge on any atom is -0.489 e. The van der Waals surface area contributed by atoms with Crippen LogP contribution in [0.5, 0.6) is 5.75 Å². The topological polar surface area (TPSA) is 21.3 Å². The highest BCUT2D eigenvalue weighted by atomic mass is 32.1. The smallest absolute Gasteiger partial charge is 0.123 e. The maximum absolute atomic E-state index is 13.0. The van der Waals surface area contributed by atoms with Crippen LogP contribution < -0.4 is 10.1 Å². The van der Waals surface area contributed by atoms with Gasteiger partial charge in [0, 0.05) is 21.9 Å². The summed E-state index contributed by atoms with van der Waals surface area (Å²) in [6, 6.07) is 6.76. The van der Waals surface area contributed by atoms with Gasteiger partial charge in [-0.1, -0.05) is 0 Å². The maximum atomic E-state index is 13.0. The number of ether oxygens (including phenoxy) is 1. The van der Waals surface area contributed by atoms with E-state index in [1.807, 2.05) is 14.0 Å². The first-order valence-electron chi connectivity index (χ1n) is 6.22. The van der Waals surface area contributed by atoms with Crippen molar-refractivity contribution in [1.82, 2.24) is 5.32 Å². The Balaban J connectivity index is 2.05. The molecular formula is C15H18FNOS. The molecule has 1 heterocycles. The lowest BCUT2D eigenvalue weighted by molar-refractivity contribution is 0.303. The van der Waals surface area contributed by atoms with Crippen LogP contribution in [0.25, 0.3) is 0 Å². The van der Waals surface area contributed by atoms with Gasteiger partial charge in [0.05, 0.1) is 0 Å². The molecule has 102 valence electrons. The summed E-state index contributed by atoms with van der Waals surface area (Å²) in [6.07, 6.45) is 0. The molecule has 2 nitrogen and oxygen atoms in total. The van der Waals surface area contributed by atoms with Crippen molar-refractivity contribution in [2.75, 3.05) is 7.05 Å². The Morgan fingerprint density at radius 1 is 1.26 bits per heavy atom. The van der Waals surface area contributed by atoms with Gasteiger partial charge in [-0.05, 0) is 50.7 Å². The van der Waals surface area contributed by atoms with Crippen molar-refractivity contribution in [2.24, 2.45) is 0 Å². The van der Waals surface area contributed by atoms with Gasteiger partial charge in [-0.25, -0.2) is 4.39 Å². The average molecular weight is 279 g/mol. The van der Waals surface area contributed by atoms with Crippen LogP contribution in [-0.4, -0.2) is 7.05 Å². The van der Waals surface area contributed by atoms with Gasteiger partial charge in [0.1, 0.15) is 18.2 Å². The average Bonchev–Trinajstić information content (AvgIpc) is 2.69. The molecule has 1 aromatic carbocycles. The number of nitrogens with one attached hydrogen (secondary N) is 1. The first kappa shape index (κ1) is 14.0. The van der Waals surface area contributed by atoms with Gasteiger partial charge in [-0.3, -0.25) is 0 Å². The summed E-state index contributed by atoms with van der Waals surface area (Å²) in [4.78, 5) is 2.57. The molecule has 0 atom stereocenters. The van der Waals surface area contributed by atoms with E-state index >= 15 is 0 Å². The molecule has 0 aliphatic heterocycles. The van der Waals surface area contributed by atoms with Crippen LogP contribution >= 0.6 is 11.3 Å². The largest absolute Gasteiger partial charge is 0.489 e. The van der Waals surface area contributed by atoms with Crippen molar-refractivity contribution in [1.29, 1.82) is 0 Å². The Hall–Kier alpha value is -1.39. The van der Waals surface area contributed by atoms with E-state index in [-0.39, 0.29) is 5.82 Å². The second-order valence-electron chi connectivity index (χ2n) is 4.52. The Morgan fingerprint density at radius 2 is 2.05 bits per heavy atom. The fraction of sp³-hybridized carbons (Fsp3) is 0.333. The Morgan fingerprint density at radius 3 is 2.74 bits per heavy atom. The SMILES string of the molecule is CNCc1cc(COc2ccc(F)cc2C)c(C)s1. The molecule has 0 aliphatic carbocycles. The van der Waals surface area contributed by atoms with E-state index in [0.717, 1.165) is 17.9 Å². The van der Waals surface area contributed by atoms with E-state index in [1.54, 1.807) is 17.4 Å². The molecule has 0 unspecified atom stereocenters. The molecule has 1 N–H and O–H groups in total. The normalized spacial score (nSPS) is 10.7. The molecule has 0 spiro atoms. The van der Waals surface area contributed by atoms with Crippen LogP contribution in [0.4, 0.5) is 4.39 Å². The third kappa shape index (κ3) is 3.55. The van der Waals surface area contributed by atoms with Gasteiger partial charge < -0.3 is 10.1 Å². The third-order valence-corrected chi connectivity index (χ3v) is 4.04. The molecule has 4 heteroatoms. The number of rotatable bonds is 5.